The third kappa shape index (κ3) is 2.47. The summed E-state index contributed by atoms with van der Waals surface area (Å²) >= 11 is 0. The largest absolute Gasteiger partial charge is 0.341 e. The number of imide groups is 1. The molecule has 0 radical (unpaired) electrons. The lowest BCUT2D eigenvalue weighted by molar-refractivity contribution is -0.128. The molecule has 4 heteroatoms. The van der Waals surface area contributed by atoms with Crippen molar-refractivity contribution < 1.29 is 9.59 Å². The molecule has 1 saturated carbocycles. The van der Waals surface area contributed by atoms with E-state index in [1.54, 1.807) is 7.05 Å². The number of rotatable bonds is 1. The fraction of sp³-hybridized carbons (Fsp3) is 0.800. The quantitative estimate of drug-likeness (QED) is 0.694. The number of hydrogen-bond acceptors (Lipinski definition) is 2. The van der Waals surface area contributed by atoms with Crippen LogP contribution in [0.1, 0.15) is 39.0 Å². The molecule has 0 aromatic heterocycles. The molecule has 4 nitrogen and oxygen atoms in total. The lowest BCUT2D eigenvalue weighted by Gasteiger charge is -2.31. The number of carbonyl (C=O) groups excluding carboxylic acids is 2. The second kappa shape index (κ2) is 4.98. The highest BCUT2D eigenvalue weighted by atomic mass is 16.2. The minimum absolute atomic E-state index is 0.112. The molecule has 0 spiro atoms. The molecule has 0 aromatic rings. The van der Waals surface area contributed by atoms with Crippen molar-refractivity contribution in [1.29, 1.82) is 0 Å². The maximum atomic E-state index is 11.4. The molecule has 14 heavy (non-hydrogen) atoms. The molecule has 0 atom stereocenters. The summed E-state index contributed by atoms with van der Waals surface area (Å²) < 4.78 is 0. The van der Waals surface area contributed by atoms with E-state index in [1.807, 2.05) is 0 Å². The van der Waals surface area contributed by atoms with Gasteiger partial charge in [-0.3, -0.25) is 9.69 Å². The van der Waals surface area contributed by atoms with Crippen molar-refractivity contribution in [2.45, 2.75) is 45.1 Å². The Kier molecular flexibility index (Phi) is 3.92. The monoisotopic (exact) mass is 198 g/mol. The van der Waals surface area contributed by atoms with Crippen molar-refractivity contribution in [2.75, 3.05) is 7.05 Å². The fourth-order valence-electron chi connectivity index (χ4n) is 2.03. The number of carbonyl (C=O) groups is 2. The summed E-state index contributed by atoms with van der Waals surface area (Å²) in [5.41, 5.74) is 0. The molecule has 0 aromatic carbocycles. The summed E-state index contributed by atoms with van der Waals surface area (Å²) in [6.07, 6.45) is 5.35. The Morgan fingerprint density at radius 2 is 1.79 bits per heavy atom. The Labute approximate surface area is 84.7 Å². The summed E-state index contributed by atoms with van der Waals surface area (Å²) in [6, 6.07) is -0.161. The van der Waals surface area contributed by atoms with E-state index in [2.05, 4.69) is 5.32 Å². The van der Waals surface area contributed by atoms with Crippen LogP contribution in [-0.4, -0.2) is 29.9 Å². The normalized spacial score (nSPS) is 17.6. The summed E-state index contributed by atoms with van der Waals surface area (Å²) in [5.74, 6) is -0.156. The van der Waals surface area contributed by atoms with E-state index in [4.69, 9.17) is 0 Å². The first-order valence-corrected chi connectivity index (χ1v) is 5.18. The van der Waals surface area contributed by atoms with Gasteiger partial charge in [0.05, 0.1) is 0 Å². The van der Waals surface area contributed by atoms with Crippen molar-refractivity contribution in [3.8, 4) is 0 Å². The zero-order valence-electron chi connectivity index (χ0n) is 8.88. The van der Waals surface area contributed by atoms with Crippen molar-refractivity contribution in [3.05, 3.63) is 0 Å². The minimum Gasteiger partial charge on any atom is -0.341 e. The highest BCUT2D eigenvalue weighted by Crippen LogP contribution is 2.22. The average Bonchev–Trinajstić information content (AvgIpc) is 2.19. The van der Waals surface area contributed by atoms with Gasteiger partial charge in [-0.05, 0) is 12.8 Å². The van der Waals surface area contributed by atoms with Crippen molar-refractivity contribution >= 4 is 11.9 Å². The van der Waals surface area contributed by atoms with Crippen molar-refractivity contribution in [3.63, 3.8) is 0 Å². The molecule has 1 aliphatic carbocycles. The van der Waals surface area contributed by atoms with Gasteiger partial charge < -0.3 is 5.32 Å². The van der Waals surface area contributed by atoms with Gasteiger partial charge in [0.15, 0.2) is 0 Å². The Balaban J connectivity index is 2.65. The van der Waals surface area contributed by atoms with Crippen LogP contribution in [0.4, 0.5) is 4.79 Å². The maximum absolute atomic E-state index is 11.4. The predicted molar refractivity (Wildman–Crippen MR) is 53.8 cm³/mol. The highest BCUT2D eigenvalue weighted by molar-refractivity contribution is 5.93. The molecule has 0 aliphatic heterocycles. The first-order chi connectivity index (χ1) is 6.66. The molecule has 1 aliphatic rings. The fourth-order valence-corrected chi connectivity index (χ4v) is 2.03. The van der Waals surface area contributed by atoms with Crippen molar-refractivity contribution in [2.24, 2.45) is 0 Å². The van der Waals surface area contributed by atoms with E-state index < -0.39 is 0 Å². The Morgan fingerprint density at radius 3 is 2.21 bits per heavy atom. The van der Waals surface area contributed by atoms with Crippen LogP contribution in [0.2, 0.25) is 0 Å². The molecule has 3 amide bonds. The van der Waals surface area contributed by atoms with Crippen LogP contribution >= 0.6 is 0 Å². The lowest BCUT2D eigenvalue weighted by Crippen LogP contribution is -2.48. The zero-order valence-corrected chi connectivity index (χ0v) is 8.88. The van der Waals surface area contributed by atoms with E-state index >= 15 is 0 Å². The van der Waals surface area contributed by atoms with E-state index in [0.29, 0.717) is 0 Å². The Bertz CT molecular complexity index is 222. The summed E-state index contributed by atoms with van der Waals surface area (Å²) in [6.45, 7) is 1.45. The number of hydrogen-bond donors (Lipinski definition) is 1. The summed E-state index contributed by atoms with van der Waals surface area (Å²) in [5, 5.41) is 2.51. The van der Waals surface area contributed by atoms with Gasteiger partial charge in [-0.25, -0.2) is 4.79 Å². The van der Waals surface area contributed by atoms with Gasteiger partial charge in [0.25, 0.3) is 0 Å². The second-order valence-electron chi connectivity index (χ2n) is 3.74. The van der Waals surface area contributed by atoms with Gasteiger partial charge in [0.2, 0.25) is 5.91 Å². The Morgan fingerprint density at radius 1 is 1.21 bits per heavy atom. The van der Waals surface area contributed by atoms with Gasteiger partial charge >= 0.3 is 6.03 Å². The van der Waals surface area contributed by atoms with Crippen LogP contribution in [0.5, 0.6) is 0 Å². The van der Waals surface area contributed by atoms with E-state index in [-0.39, 0.29) is 18.0 Å². The number of urea groups is 1. The maximum Gasteiger partial charge on any atom is 0.324 e. The smallest absolute Gasteiger partial charge is 0.324 e. The van der Waals surface area contributed by atoms with Crippen molar-refractivity contribution in [1.82, 2.24) is 10.2 Å². The van der Waals surface area contributed by atoms with Gasteiger partial charge in [-0.15, -0.1) is 0 Å². The summed E-state index contributed by atoms with van der Waals surface area (Å²) in [7, 11) is 1.56. The number of nitrogens with zero attached hydrogens (tertiary/aromatic N) is 1. The van der Waals surface area contributed by atoms with E-state index in [0.717, 1.165) is 25.7 Å². The predicted octanol–water partition coefficient (Wildman–Crippen LogP) is 1.51. The van der Waals surface area contributed by atoms with Crippen LogP contribution in [0.3, 0.4) is 0 Å². The molecule has 0 unspecified atom stereocenters. The van der Waals surface area contributed by atoms with E-state index in [9.17, 15) is 9.59 Å². The molecule has 0 bridgehead atoms. The second-order valence-corrected chi connectivity index (χ2v) is 3.74. The number of nitrogens with one attached hydrogen (secondary N) is 1. The van der Waals surface area contributed by atoms with Crippen LogP contribution in [0.15, 0.2) is 0 Å². The van der Waals surface area contributed by atoms with Crippen LogP contribution in [-0.2, 0) is 4.79 Å². The van der Waals surface area contributed by atoms with Gasteiger partial charge in [-0.2, -0.15) is 0 Å². The van der Waals surface area contributed by atoms with Crippen LogP contribution in [0.25, 0.3) is 0 Å². The first kappa shape index (κ1) is 11.0. The molecule has 0 saturated heterocycles. The highest BCUT2D eigenvalue weighted by Gasteiger charge is 2.27. The third-order valence-electron chi connectivity index (χ3n) is 2.71. The van der Waals surface area contributed by atoms with Crippen LogP contribution in [0, 0.1) is 0 Å². The van der Waals surface area contributed by atoms with Gasteiger partial charge in [0, 0.05) is 20.0 Å². The molecule has 1 fully saturated rings. The minimum atomic E-state index is -0.274. The summed E-state index contributed by atoms with van der Waals surface area (Å²) in [4.78, 5) is 24.1. The first-order valence-electron chi connectivity index (χ1n) is 5.18. The van der Waals surface area contributed by atoms with E-state index in [1.165, 1.54) is 18.2 Å². The topological polar surface area (TPSA) is 49.4 Å². The molecular formula is C10H18N2O2. The molecule has 1 N–H and O–H groups in total. The molecule has 0 heterocycles. The average molecular weight is 198 g/mol. The van der Waals surface area contributed by atoms with Gasteiger partial charge in [-0.1, -0.05) is 19.3 Å². The third-order valence-corrected chi connectivity index (χ3v) is 2.71. The number of amides is 3. The SMILES string of the molecule is CNC(=O)N(C(C)=O)C1CCCCC1. The molecular weight excluding hydrogens is 180 g/mol. The van der Waals surface area contributed by atoms with Crippen LogP contribution < -0.4 is 5.32 Å². The molecule has 80 valence electrons. The lowest BCUT2D eigenvalue weighted by atomic mass is 9.94. The zero-order chi connectivity index (χ0) is 10.6. The van der Waals surface area contributed by atoms with Gasteiger partial charge in [0.1, 0.15) is 0 Å². The standard InChI is InChI=1S/C10H18N2O2/c1-8(13)12(10(14)11-2)9-6-4-3-5-7-9/h9H,3-7H2,1-2H3,(H,11,14). The Hall–Kier alpha value is -1.06. The molecule has 1 rings (SSSR count).